The standard InChI is InChI=1S/C35H54/c1-28(2)14-9-15-29(3)16-10-17-30(4)18-11-19-31(5)20-12-21-32(6)22-13-23-34(8)35-26-24-33(7)25-27-35/h14,16,18,20,22,24-27,34H,9-13,15,17,19,21,23H2,1-8H3/t34-/m1/s1. The molecule has 0 amide bonds. The van der Waals surface area contributed by atoms with Crippen LogP contribution in [0.3, 0.4) is 0 Å². The third-order valence-electron chi connectivity index (χ3n) is 6.92. The molecule has 0 radical (unpaired) electrons. The molecule has 0 bridgehead atoms. The Morgan fingerprint density at radius 2 is 0.943 bits per heavy atom. The van der Waals surface area contributed by atoms with E-state index in [-0.39, 0.29) is 0 Å². The van der Waals surface area contributed by atoms with Crippen molar-refractivity contribution in [2.24, 2.45) is 0 Å². The maximum absolute atomic E-state index is 2.46. The Bertz CT molecular complexity index is 863. The van der Waals surface area contributed by atoms with E-state index >= 15 is 0 Å². The van der Waals surface area contributed by atoms with Crippen molar-refractivity contribution in [1.82, 2.24) is 0 Å². The number of benzene rings is 1. The van der Waals surface area contributed by atoms with Crippen LogP contribution in [0.15, 0.2) is 82.5 Å². The van der Waals surface area contributed by atoms with Crippen LogP contribution in [0.2, 0.25) is 0 Å². The summed E-state index contributed by atoms with van der Waals surface area (Å²) < 4.78 is 0. The molecule has 35 heavy (non-hydrogen) atoms. The van der Waals surface area contributed by atoms with Crippen molar-refractivity contribution in [3.63, 3.8) is 0 Å². The quantitative estimate of drug-likeness (QED) is 0.209. The van der Waals surface area contributed by atoms with Crippen LogP contribution in [0.25, 0.3) is 0 Å². The molecule has 0 spiro atoms. The van der Waals surface area contributed by atoms with E-state index in [0.717, 1.165) is 0 Å². The fourth-order valence-electron chi connectivity index (χ4n) is 4.28. The second-order valence-electron chi connectivity index (χ2n) is 11.0. The van der Waals surface area contributed by atoms with Gasteiger partial charge in [0.2, 0.25) is 0 Å². The molecule has 0 fully saturated rings. The van der Waals surface area contributed by atoms with E-state index in [0.29, 0.717) is 5.92 Å². The van der Waals surface area contributed by atoms with Crippen molar-refractivity contribution in [2.75, 3.05) is 0 Å². The Kier molecular flexibility index (Phi) is 16.1. The second kappa shape index (κ2) is 18.2. The molecule has 0 aromatic heterocycles. The van der Waals surface area contributed by atoms with Gasteiger partial charge in [0.1, 0.15) is 0 Å². The van der Waals surface area contributed by atoms with Crippen LogP contribution in [-0.4, -0.2) is 0 Å². The lowest BCUT2D eigenvalue weighted by Crippen LogP contribution is -1.93. The van der Waals surface area contributed by atoms with E-state index in [1.54, 1.807) is 0 Å². The molecule has 194 valence electrons. The molecule has 0 aliphatic rings. The zero-order valence-electron chi connectivity index (χ0n) is 24.3. The summed E-state index contributed by atoms with van der Waals surface area (Å²) in [5.74, 6) is 0.630. The first-order valence-electron chi connectivity index (χ1n) is 14.0. The predicted octanol–water partition coefficient (Wildman–Crippen LogP) is 11.8. The molecular formula is C35H54. The van der Waals surface area contributed by atoms with E-state index < -0.39 is 0 Å². The van der Waals surface area contributed by atoms with Crippen LogP contribution in [0.5, 0.6) is 0 Å². The minimum absolute atomic E-state index is 0.630. The van der Waals surface area contributed by atoms with Crippen LogP contribution in [0, 0.1) is 6.92 Å². The summed E-state index contributed by atoms with van der Waals surface area (Å²) in [4.78, 5) is 0. The highest BCUT2D eigenvalue weighted by molar-refractivity contribution is 5.24. The Morgan fingerprint density at radius 3 is 1.34 bits per heavy atom. The summed E-state index contributed by atoms with van der Waals surface area (Å²) in [6.45, 7) is 18.0. The number of hydrogen-bond donors (Lipinski definition) is 0. The molecule has 1 atom stereocenters. The Balaban J connectivity index is 2.24. The van der Waals surface area contributed by atoms with E-state index in [9.17, 15) is 0 Å². The largest absolute Gasteiger partial charge is 0.0856 e. The van der Waals surface area contributed by atoms with Gasteiger partial charge in [0.15, 0.2) is 0 Å². The van der Waals surface area contributed by atoms with Crippen molar-refractivity contribution < 1.29 is 0 Å². The van der Waals surface area contributed by atoms with Gasteiger partial charge in [-0.1, -0.05) is 95.0 Å². The van der Waals surface area contributed by atoms with Crippen molar-refractivity contribution in [3.8, 4) is 0 Å². The Labute approximate surface area is 219 Å². The third-order valence-corrected chi connectivity index (χ3v) is 6.92. The number of aryl methyl sites for hydroxylation is 1. The van der Waals surface area contributed by atoms with E-state index in [1.165, 1.54) is 103 Å². The highest BCUT2D eigenvalue weighted by atomic mass is 14.1. The molecule has 0 aliphatic carbocycles. The van der Waals surface area contributed by atoms with Gasteiger partial charge in [0, 0.05) is 0 Å². The summed E-state index contributed by atoms with van der Waals surface area (Å²) in [6.07, 6.45) is 24.0. The Morgan fingerprint density at radius 1 is 0.571 bits per heavy atom. The lowest BCUT2D eigenvalue weighted by molar-refractivity contribution is 0.687. The van der Waals surface area contributed by atoms with Gasteiger partial charge >= 0.3 is 0 Å². The number of allylic oxidation sites excluding steroid dienone is 10. The highest BCUT2D eigenvalue weighted by Gasteiger charge is 2.04. The second-order valence-corrected chi connectivity index (χ2v) is 11.0. The average molecular weight is 475 g/mol. The van der Waals surface area contributed by atoms with Gasteiger partial charge in [-0.25, -0.2) is 0 Å². The molecule has 1 aromatic carbocycles. The van der Waals surface area contributed by atoms with Gasteiger partial charge in [-0.15, -0.1) is 0 Å². The monoisotopic (exact) mass is 474 g/mol. The van der Waals surface area contributed by atoms with E-state index in [4.69, 9.17) is 0 Å². The molecule has 1 rings (SSSR count). The van der Waals surface area contributed by atoms with Gasteiger partial charge in [-0.3, -0.25) is 0 Å². The van der Waals surface area contributed by atoms with Crippen molar-refractivity contribution in [1.29, 1.82) is 0 Å². The normalized spacial score (nSPS) is 14.3. The Hall–Kier alpha value is -2.08. The SMILES string of the molecule is CC(C)=CCCC(C)=CCCC(C)=CCCC(C)=CCCC(C)=CCC[C@@H](C)c1ccc(C)cc1. The lowest BCUT2D eigenvalue weighted by Gasteiger charge is -2.11. The zero-order valence-corrected chi connectivity index (χ0v) is 24.3. The minimum atomic E-state index is 0.630. The molecule has 0 saturated carbocycles. The van der Waals surface area contributed by atoms with Gasteiger partial charge in [-0.2, -0.15) is 0 Å². The smallest absolute Gasteiger partial charge is 0.0187 e. The molecule has 0 saturated heterocycles. The summed E-state index contributed by atoms with van der Waals surface area (Å²) in [5.41, 5.74) is 10.4. The van der Waals surface area contributed by atoms with Gasteiger partial charge in [-0.05, 0) is 124 Å². The first-order valence-corrected chi connectivity index (χ1v) is 14.0. The van der Waals surface area contributed by atoms with Gasteiger partial charge in [0.25, 0.3) is 0 Å². The predicted molar refractivity (Wildman–Crippen MR) is 160 cm³/mol. The molecular weight excluding hydrogens is 420 g/mol. The summed E-state index contributed by atoms with van der Waals surface area (Å²) in [5, 5.41) is 0. The van der Waals surface area contributed by atoms with E-state index in [1.807, 2.05) is 0 Å². The van der Waals surface area contributed by atoms with Crippen molar-refractivity contribution in [2.45, 2.75) is 126 Å². The molecule has 1 aromatic rings. The molecule has 0 unspecified atom stereocenters. The maximum atomic E-state index is 2.46. The zero-order chi connectivity index (χ0) is 26.1. The average Bonchev–Trinajstić information content (AvgIpc) is 2.79. The fourth-order valence-corrected chi connectivity index (χ4v) is 4.28. The molecule has 0 N–H and O–H groups in total. The maximum Gasteiger partial charge on any atom is -0.0187 e. The van der Waals surface area contributed by atoms with Gasteiger partial charge < -0.3 is 0 Å². The summed E-state index contributed by atoms with van der Waals surface area (Å²) >= 11 is 0. The summed E-state index contributed by atoms with van der Waals surface area (Å²) in [6, 6.07) is 9.03. The van der Waals surface area contributed by atoms with E-state index in [2.05, 4.69) is 110 Å². The first-order chi connectivity index (χ1) is 16.7. The van der Waals surface area contributed by atoms with Gasteiger partial charge in [0.05, 0.1) is 0 Å². The van der Waals surface area contributed by atoms with Crippen molar-refractivity contribution in [3.05, 3.63) is 93.6 Å². The molecule has 0 nitrogen and oxygen atoms in total. The summed E-state index contributed by atoms with van der Waals surface area (Å²) in [7, 11) is 0. The highest BCUT2D eigenvalue weighted by Crippen LogP contribution is 2.22. The fraction of sp³-hybridized carbons (Fsp3) is 0.543. The molecule has 0 heteroatoms. The minimum Gasteiger partial charge on any atom is -0.0856 e. The third kappa shape index (κ3) is 16.3. The van der Waals surface area contributed by atoms with Crippen LogP contribution in [-0.2, 0) is 0 Å². The molecule has 0 aliphatic heterocycles. The number of hydrogen-bond acceptors (Lipinski definition) is 0. The van der Waals surface area contributed by atoms with Crippen LogP contribution >= 0.6 is 0 Å². The topological polar surface area (TPSA) is 0 Å². The van der Waals surface area contributed by atoms with Crippen LogP contribution < -0.4 is 0 Å². The van der Waals surface area contributed by atoms with Crippen LogP contribution in [0.1, 0.15) is 130 Å². The van der Waals surface area contributed by atoms with Crippen molar-refractivity contribution >= 4 is 0 Å². The van der Waals surface area contributed by atoms with Crippen LogP contribution in [0.4, 0.5) is 0 Å². The molecule has 0 heterocycles. The number of rotatable bonds is 16. The first kappa shape index (κ1) is 31.0. The lowest BCUT2D eigenvalue weighted by atomic mass is 9.95.